The molecule has 4 heteroatoms. The second-order valence-corrected chi connectivity index (χ2v) is 5.27. The molecule has 0 aliphatic rings. The first-order valence-electron chi connectivity index (χ1n) is 7.41. The first-order valence-corrected chi connectivity index (χ1v) is 7.41. The Hall–Kier alpha value is -1.32. The van der Waals surface area contributed by atoms with Gasteiger partial charge in [-0.25, -0.2) is 9.97 Å². The quantitative estimate of drug-likeness (QED) is 0.728. The van der Waals surface area contributed by atoms with Crippen LogP contribution in [0.4, 0.5) is 11.6 Å². The molecule has 0 saturated carbocycles. The maximum atomic E-state index is 4.50. The van der Waals surface area contributed by atoms with E-state index in [1.807, 2.05) is 0 Å². The molecule has 0 atom stereocenters. The smallest absolute Gasteiger partial charge is 0.137 e. The third-order valence-corrected chi connectivity index (χ3v) is 3.24. The molecule has 1 rings (SSSR count). The first-order chi connectivity index (χ1) is 9.11. The fraction of sp³-hybridized carbons (Fsp3) is 0.733. The van der Waals surface area contributed by atoms with Crippen LogP contribution in [-0.2, 0) is 0 Å². The second-order valence-electron chi connectivity index (χ2n) is 5.27. The topological polar surface area (TPSA) is 41.1 Å². The highest BCUT2D eigenvalue weighted by molar-refractivity contribution is 5.59. The van der Waals surface area contributed by atoms with Gasteiger partial charge in [0.15, 0.2) is 0 Å². The van der Waals surface area contributed by atoms with Crippen molar-refractivity contribution in [3.63, 3.8) is 0 Å². The number of unbranched alkanes of at least 4 members (excludes halogenated alkanes) is 2. The standard InChI is InChI=1S/C15H28N4/c1-6-8-9-10-19(5)15-13(12(3)4)14(16-7-2)17-11-18-15/h11-12H,6-10H2,1-5H3,(H,16,17,18). The van der Waals surface area contributed by atoms with Gasteiger partial charge < -0.3 is 10.2 Å². The highest BCUT2D eigenvalue weighted by Gasteiger charge is 2.17. The molecular formula is C15H28N4. The SMILES string of the molecule is CCCCCN(C)c1ncnc(NCC)c1C(C)C. The fourth-order valence-electron chi connectivity index (χ4n) is 2.24. The lowest BCUT2D eigenvalue weighted by atomic mass is 10.0. The Morgan fingerprint density at radius 3 is 2.53 bits per heavy atom. The third kappa shape index (κ3) is 4.37. The molecule has 0 aromatic carbocycles. The number of rotatable bonds is 8. The van der Waals surface area contributed by atoms with E-state index in [1.54, 1.807) is 6.33 Å². The molecule has 0 amide bonds. The molecular weight excluding hydrogens is 236 g/mol. The molecule has 0 aliphatic carbocycles. The van der Waals surface area contributed by atoms with E-state index in [0.717, 1.165) is 24.7 Å². The minimum Gasteiger partial charge on any atom is -0.370 e. The maximum Gasteiger partial charge on any atom is 0.137 e. The zero-order chi connectivity index (χ0) is 14.3. The van der Waals surface area contributed by atoms with Gasteiger partial charge >= 0.3 is 0 Å². The van der Waals surface area contributed by atoms with Gasteiger partial charge in [0.2, 0.25) is 0 Å². The van der Waals surface area contributed by atoms with Crippen molar-refractivity contribution in [2.45, 2.75) is 52.9 Å². The van der Waals surface area contributed by atoms with Gasteiger partial charge in [0, 0.05) is 25.7 Å². The molecule has 1 aromatic heterocycles. The molecule has 0 spiro atoms. The van der Waals surface area contributed by atoms with Crippen LogP contribution in [0.3, 0.4) is 0 Å². The maximum absolute atomic E-state index is 4.50. The zero-order valence-electron chi connectivity index (χ0n) is 13.0. The summed E-state index contributed by atoms with van der Waals surface area (Å²) in [5.41, 5.74) is 1.23. The average molecular weight is 264 g/mol. The number of anilines is 2. The Morgan fingerprint density at radius 1 is 1.21 bits per heavy atom. The normalized spacial score (nSPS) is 10.8. The summed E-state index contributed by atoms with van der Waals surface area (Å²) in [6, 6.07) is 0. The van der Waals surface area contributed by atoms with E-state index < -0.39 is 0 Å². The summed E-state index contributed by atoms with van der Waals surface area (Å²) in [6.07, 6.45) is 5.39. The molecule has 0 bridgehead atoms. The Bertz CT molecular complexity index is 376. The van der Waals surface area contributed by atoms with E-state index in [9.17, 15) is 0 Å². The van der Waals surface area contributed by atoms with Crippen LogP contribution in [0.5, 0.6) is 0 Å². The summed E-state index contributed by atoms with van der Waals surface area (Å²) in [5.74, 6) is 2.46. The molecule has 0 aliphatic heterocycles. The molecule has 0 saturated heterocycles. The predicted molar refractivity (Wildman–Crippen MR) is 83.1 cm³/mol. The Balaban J connectivity index is 2.94. The minimum atomic E-state index is 0.416. The molecule has 0 radical (unpaired) electrons. The van der Waals surface area contributed by atoms with E-state index in [1.165, 1.54) is 24.8 Å². The summed E-state index contributed by atoms with van der Waals surface area (Å²) in [6.45, 7) is 10.7. The summed E-state index contributed by atoms with van der Waals surface area (Å²) < 4.78 is 0. The summed E-state index contributed by atoms with van der Waals surface area (Å²) in [7, 11) is 2.12. The predicted octanol–water partition coefficient (Wildman–Crippen LogP) is 3.66. The first kappa shape index (κ1) is 15.7. The highest BCUT2D eigenvalue weighted by Crippen LogP contribution is 2.30. The van der Waals surface area contributed by atoms with Crippen LogP contribution in [0, 0.1) is 0 Å². The van der Waals surface area contributed by atoms with Crippen molar-refractivity contribution in [2.75, 3.05) is 30.4 Å². The summed E-state index contributed by atoms with van der Waals surface area (Å²) >= 11 is 0. The Kier molecular flexibility index (Phi) is 6.60. The van der Waals surface area contributed by atoms with Crippen LogP contribution >= 0.6 is 0 Å². The third-order valence-electron chi connectivity index (χ3n) is 3.24. The van der Waals surface area contributed by atoms with Crippen LogP contribution in [-0.4, -0.2) is 30.1 Å². The van der Waals surface area contributed by atoms with Gasteiger partial charge in [0.25, 0.3) is 0 Å². The van der Waals surface area contributed by atoms with Gasteiger partial charge in [-0.05, 0) is 19.3 Å². The van der Waals surface area contributed by atoms with Gasteiger partial charge in [-0.1, -0.05) is 33.6 Å². The van der Waals surface area contributed by atoms with Crippen molar-refractivity contribution in [1.29, 1.82) is 0 Å². The Labute approximate surface area is 117 Å². The van der Waals surface area contributed by atoms with Crippen molar-refractivity contribution < 1.29 is 0 Å². The molecule has 1 N–H and O–H groups in total. The van der Waals surface area contributed by atoms with Crippen LogP contribution in [0.25, 0.3) is 0 Å². The molecule has 1 aromatic rings. The molecule has 1 heterocycles. The fourth-order valence-corrected chi connectivity index (χ4v) is 2.24. The molecule has 19 heavy (non-hydrogen) atoms. The van der Waals surface area contributed by atoms with Crippen LogP contribution < -0.4 is 10.2 Å². The van der Waals surface area contributed by atoms with Crippen molar-refractivity contribution in [1.82, 2.24) is 9.97 Å². The van der Waals surface area contributed by atoms with Crippen LogP contribution in [0.2, 0.25) is 0 Å². The molecule has 0 fully saturated rings. The lowest BCUT2D eigenvalue weighted by molar-refractivity contribution is 0.695. The zero-order valence-corrected chi connectivity index (χ0v) is 13.0. The monoisotopic (exact) mass is 264 g/mol. The number of nitrogens with one attached hydrogen (secondary N) is 1. The highest BCUT2D eigenvalue weighted by atomic mass is 15.2. The molecule has 108 valence electrons. The van der Waals surface area contributed by atoms with E-state index >= 15 is 0 Å². The minimum absolute atomic E-state index is 0.416. The van der Waals surface area contributed by atoms with Gasteiger partial charge in [-0.2, -0.15) is 0 Å². The summed E-state index contributed by atoms with van der Waals surface area (Å²) in [4.78, 5) is 11.1. The van der Waals surface area contributed by atoms with Gasteiger partial charge in [0.1, 0.15) is 18.0 Å². The van der Waals surface area contributed by atoms with Crippen LogP contribution in [0.15, 0.2) is 6.33 Å². The molecule has 4 nitrogen and oxygen atoms in total. The van der Waals surface area contributed by atoms with Crippen molar-refractivity contribution >= 4 is 11.6 Å². The van der Waals surface area contributed by atoms with E-state index in [-0.39, 0.29) is 0 Å². The largest absolute Gasteiger partial charge is 0.370 e. The van der Waals surface area contributed by atoms with Crippen LogP contribution in [0.1, 0.15) is 58.4 Å². The lowest BCUT2D eigenvalue weighted by Gasteiger charge is -2.24. The number of hydrogen-bond donors (Lipinski definition) is 1. The van der Waals surface area contributed by atoms with Gasteiger partial charge in [-0.3, -0.25) is 0 Å². The average Bonchev–Trinajstić information content (AvgIpc) is 2.38. The number of aromatic nitrogens is 2. The number of hydrogen-bond acceptors (Lipinski definition) is 4. The van der Waals surface area contributed by atoms with E-state index in [0.29, 0.717) is 5.92 Å². The summed E-state index contributed by atoms with van der Waals surface area (Å²) in [5, 5.41) is 3.34. The number of nitrogens with zero attached hydrogens (tertiary/aromatic N) is 3. The molecule has 0 unspecified atom stereocenters. The van der Waals surface area contributed by atoms with E-state index in [2.05, 4.69) is 54.9 Å². The Morgan fingerprint density at radius 2 is 1.95 bits per heavy atom. The van der Waals surface area contributed by atoms with Crippen molar-refractivity contribution in [3.05, 3.63) is 11.9 Å². The van der Waals surface area contributed by atoms with Crippen molar-refractivity contribution in [3.8, 4) is 0 Å². The van der Waals surface area contributed by atoms with Gasteiger partial charge in [0.05, 0.1) is 0 Å². The lowest BCUT2D eigenvalue weighted by Crippen LogP contribution is -2.22. The van der Waals surface area contributed by atoms with E-state index in [4.69, 9.17) is 0 Å². The van der Waals surface area contributed by atoms with Gasteiger partial charge in [-0.15, -0.1) is 0 Å². The second kappa shape index (κ2) is 7.97. The van der Waals surface area contributed by atoms with Crippen molar-refractivity contribution in [2.24, 2.45) is 0 Å².